The van der Waals surface area contributed by atoms with E-state index in [0.29, 0.717) is 37.6 Å². The molecule has 6 heteroatoms. The number of likely N-dealkylation sites (tertiary alicyclic amines) is 1. The number of rotatable bonds is 4. The molecule has 2 aromatic heterocycles. The highest BCUT2D eigenvalue weighted by molar-refractivity contribution is 5.96. The third-order valence-electron chi connectivity index (χ3n) is 5.38. The molecule has 1 amide bonds. The Balaban J connectivity index is 1.32. The van der Waals surface area contributed by atoms with Gasteiger partial charge < -0.3 is 18.8 Å². The maximum atomic E-state index is 12.7. The van der Waals surface area contributed by atoms with Gasteiger partial charge in [-0.2, -0.15) is 0 Å². The molecule has 1 atom stereocenters. The first-order valence-electron chi connectivity index (χ1n) is 9.48. The van der Waals surface area contributed by atoms with E-state index in [9.17, 15) is 4.79 Å². The Labute approximate surface area is 159 Å². The highest BCUT2D eigenvalue weighted by Crippen LogP contribution is 2.36. The lowest BCUT2D eigenvalue weighted by Gasteiger charge is -2.52. The van der Waals surface area contributed by atoms with E-state index in [1.807, 2.05) is 49.9 Å². The van der Waals surface area contributed by atoms with E-state index in [-0.39, 0.29) is 17.6 Å². The first-order valence-corrected chi connectivity index (χ1v) is 9.48. The molecule has 2 fully saturated rings. The van der Waals surface area contributed by atoms with E-state index in [2.05, 4.69) is 4.98 Å². The smallest absolute Gasteiger partial charge is 0.257 e. The zero-order valence-electron chi connectivity index (χ0n) is 16.2. The minimum Gasteiger partial charge on any atom is -0.466 e. The van der Waals surface area contributed by atoms with Crippen LogP contribution in [0, 0.1) is 20.8 Å². The number of pyridine rings is 1. The Bertz CT molecular complexity index is 838. The Kier molecular flexibility index (Phi) is 4.78. The Hall–Kier alpha value is -2.18. The summed E-state index contributed by atoms with van der Waals surface area (Å²) in [6.07, 6.45) is 1.82. The molecular weight excluding hydrogens is 344 g/mol. The van der Waals surface area contributed by atoms with Gasteiger partial charge in [-0.1, -0.05) is 6.07 Å². The lowest BCUT2D eigenvalue weighted by atomic mass is 9.84. The molecule has 1 spiro atoms. The molecule has 144 valence electrons. The number of furan rings is 1. The Morgan fingerprint density at radius 3 is 2.85 bits per heavy atom. The van der Waals surface area contributed by atoms with E-state index in [1.54, 1.807) is 0 Å². The molecule has 6 nitrogen and oxygen atoms in total. The fourth-order valence-corrected chi connectivity index (χ4v) is 4.04. The summed E-state index contributed by atoms with van der Waals surface area (Å²) in [6, 6.07) is 7.78. The molecule has 0 bridgehead atoms. The predicted octanol–water partition coefficient (Wildman–Crippen LogP) is 3.19. The SMILES string of the molecule is Cc1cccc(CO[C@@H]2CCOC3(C2)CN(C(=O)c2cc(C)oc2C)C3)n1. The number of hydrogen-bond acceptors (Lipinski definition) is 5. The normalized spacial score (nSPS) is 21.3. The number of aryl methyl sites for hydroxylation is 3. The molecule has 4 heterocycles. The number of carbonyl (C=O) groups excluding carboxylic acids is 1. The van der Waals surface area contributed by atoms with Crippen LogP contribution in [-0.4, -0.2) is 47.2 Å². The maximum absolute atomic E-state index is 12.7. The largest absolute Gasteiger partial charge is 0.466 e. The van der Waals surface area contributed by atoms with Crippen LogP contribution >= 0.6 is 0 Å². The van der Waals surface area contributed by atoms with Gasteiger partial charge in [0.2, 0.25) is 0 Å². The summed E-state index contributed by atoms with van der Waals surface area (Å²) < 4.78 is 17.6. The highest BCUT2D eigenvalue weighted by Gasteiger charge is 2.50. The summed E-state index contributed by atoms with van der Waals surface area (Å²) in [7, 11) is 0. The topological polar surface area (TPSA) is 64.8 Å². The molecule has 0 unspecified atom stereocenters. The van der Waals surface area contributed by atoms with Gasteiger partial charge in [0.25, 0.3) is 5.91 Å². The molecular formula is C21H26N2O4. The van der Waals surface area contributed by atoms with Gasteiger partial charge in [-0.3, -0.25) is 9.78 Å². The molecule has 0 aliphatic carbocycles. The molecule has 2 saturated heterocycles. The van der Waals surface area contributed by atoms with Crippen molar-refractivity contribution in [3.8, 4) is 0 Å². The first-order chi connectivity index (χ1) is 12.9. The van der Waals surface area contributed by atoms with Crippen molar-refractivity contribution in [3.05, 3.63) is 52.7 Å². The molecule has 2 aliphatic rings. The molecule has 2 aromatic rings. The van der Waals surface area contributed by atoms with Gasteiger partial charge in [0.15, 0.2) is 0 Å². The molecule has 4 rings (SSSR count). The van der Waals surface area contributed by atoms with Crippen molar-refractivity contribution in [1.82, 2.24) is 9.88 Å². The van der Waals surface area contributed by atoms with Crippen molar-refractivity contribution in [2.75, 3.05) is 19.7 Å². The Morgan fingerprint density at radius 1 is 1.33 bits per heavy atom. The van der Waals surface area contributed by atoms with Crippen LogP contribution in [0.25, 0.3) is 0 Å². The van der Waals surface area contributed by atoms with E-state index in [1.165, 1.54) is 0 Å². The van der Waals surface area contributed by atoms with Crippen molar-refractivity contribution in [1.29, 1.82) is 0 Å². The van der Waals surface area contributed by atoms with Crippen molar-refractivity contribution < 1.29 is 18.7 Å². The van der Waals surface area contributed by atoms with E-state index in [4.69, 9.17) is 13.9 Å². The Morgan fingerprint density at radius 2 is 2.15 bits per heavy atom. The number of aromatic nitrogens is 1. The summed E-state index contributed by atoms with van der Waals surface area (Å²) in [5, 5.41) is 0. The lowest BCUT2D eigenvalue weighted by Crippen LogP contribution is -2.67. The molecule has 0 radical (unpaired) electrons. The molecule has 0 saturated carbocycles. The van der Waals surface area contributed by atoms with Crippen LogP contribution < -0.4 is 0 Å². The number of nitrogens with zero attached hydrogens (tertiary/aromatic N) is 2. The number of amides is 1. The summed E-state index contributed by atoms with van der Waals surface area (Å²) >= 11 is 0. The monoisotopic (exact) mass is 370 g/mol. The van der Waals surface area contributed by atoms with E-state index < -0.39 is 0 Å². The summed E-state index contributed by atoms with van der Waals surface area (Å²) in [6.45, 7) is 8.06. The summed E-state index contributed by atoms with van der Waals surface area (Å²) in [4.78, 5) is 19.0. The van der Waals surface area contributed by atoms with Gasteiger partial charge in [0, 0.05) is 18.7 Å². The van der Waals surface area contributed by atoms with Gasteiger partial charge in [-0.05, 0) is 45.4 Å². The standard InChI is InChI=1S/C21H26N2O4/c1-14-5-4-6-17(22-14)11-25-18-7-8-26-21(10-18)12-23(13-21)20(24)19-9-15(2)27-16(19)3/h4-6,9,18H,7-8,10-13H2,1-3H3/t18-/m1/s1. The van der Waals surface area contributed by atoms with Crippen LogP contribution in [0.5, 0.6) is 0 Å². The van der Waals surface area contributed by atoms with E-state index in [0.717, 1.165) is 30.0 Å². The number of carbonyl (C=O) groups is 1. The minimum absolute atomic E-state index is 0.0191. The van der Waals surface area contributed by atoms with Crippen LogP contribution in [0.3, 0.4) is 0 Å². The molecule has 2 aliphatic heterocycles. The fourth-order valence-electron chi connectivity index (χ4n) is 4.04. The van der Waals surface area contributed by atoms with Crippen LogP contribution in [0.1, 0.15) is 46.1 Å². The van der Waals surface area contributed by atoms with Gasteiger partial charge in [-0.25, -0.2) is 0 Å². The van der Waals surface area contributed by atoms with Crippen molar-refractivity contribution in [2.45, 2.75) is 51.9 Å². The van der Waals surface area contributed by atoms with Gasteiger partial charge >= 0.3 is 0 Å². The fraction of sp³-hybridized carbons (Fsp3) is 0.524. The van der Waals surface area contributed by atoms with Crippen molar-refractivity contribution >= 4 is 5.91 Å². The number of ether oxygens (including phenoxy) is 2. The molecule has 0 aromatic carbocycles. The second-order valence-electron chi connectivity index (χ2n) is 7.72. The third kappa shape index (κ3) is 3.77. The van der Waals surface area contributed by atoms with Crippen LogP contribution in [0.15, 0.2) is 28.7 Å². The van der Waals surface area contributed by atoms with Crippen LogP contribution in [-0.2, 0) is 16.1 Å². The van der Waals surface area contributed by atoms with Crippen LogP contribution in [0.2, 0.25) is 0 Å². The van der Waals surface area contributed by atoms with Crippen molar-refractivity contribution in [2.24, 2.45) is 0 Å². The quantitative estimate of drug-likeness (QED) is 0.827. The van der Waals surface area contributed by atoms with Gasteiger partial charge in [-0.15, -0.1) is 0 Å². The minimum atomic E-state index is -0.273. The number of hydrogen-bond donors (Lipinski definition) is 0. The van der Waals surface area contributed by atoms with Crippen LogP contribution in [0.4, 0.5) is 0 Å². The lowest BCUT2D eigenvalue weighted by molar-refractivity contribution is -0.188. The molecule has 27 heavy (non-hydrogen) atoms. The van der Waals surface area contributed by atoms with Gasteiger partial charge in [0.1, 0.15) is 17.1 Å². The zero-order valence-corrected chi connectivity index (χ0v) is 16.2. The highest BCUT2D eigenvalue weighted by atomic mass is 16.5. The second kappa shape index (κ2) is 7.09. The summed E-state index contributed by atoms with van der Waals surface area (Å²) in [5.41, 5.74) is 2.33. The maximum Gasteiger partial charge on any atom is 0.257 e. The zero-order chi connectivity index (χ0) is 19.0. The first kappa shape index (κ1) is 18.2. The van der Waals surface area contributed by atoms with Crippen molar-refractivity contribution in [3.63, 3.8) is 0 Å². The second-order valence-corrected chi connectivity index (χ2v) is 7.72. The summed E-state index contributed by atoms with van der Waals surface area (Å²) in [5.74, 6) is 1.46. The predicted molar refractivity (Wildman–Crippen MR) is 99.6 cm³/mol. The van der Waals surface area contributed by atoms with Gasteiger partial charge in [0.05, 0.1) is 37.1 Å². The third-order valence-corrected chi connectivity index (χ3v) is 5.38. The molecule has 0 N–H and O–H groups in total. The average Bonchev–Trinajstić information content (AvgIpc) is 2.96. The van der Waals surface area contributed by atoms with E-state index >= 15 is 0 Å². The average molecular weight is 370 g/mol.